The summed E-state index contributed by atoms with van der Waals surface area (Å²) in [5.41, 5.74) is 2.29. The number of aromatic nitrogens is 1. The van der Waals surface area contributed by atoms with Gasteiger partial charge in [-0.3, -0.25) is 9.78 Å². The molecule has 94 valence electrons. The van der Waals surface area contributed by atoms with Gasteiger partial charge in [-0.15, -0.1) is 11.3 Å². The number of hydrogen-bond donors (Lipinski definition) is 1. The highest BCUT2D eigenvalue weighted by atomic mass is 79.9. The van der Waals surface area contributed by atoms with Gasteiger partial charge in [-0.2, -0.15) is 0 Å². The van der Waals surface area contributed by atoms with Crippen LogP contribution in [-0.4, -0.2) is 18.0 Å². The molecule has 1 aromatic carbocycles. The number of carbonyl (C=O) groups is 1. The second-order valence-electron chi connectivity index (χ2n) is 3.50. The number of thiazole rings is 1. The van der Waals surface area contributed by atoms with E-state index in [0.717, 1.165) is 9.35 Å². The summed E-state index contributed by atoms with van der Waals surface area (Å²) in [7, 11) is 1.57. The van der Waals surface area contributed by atoms with E-state index in [9.17, 15) is 4.79 Å². The summed E-state index contributed by atoms with van der Waals surface area (Å²) in [4.78, 5) is 17.0. The molecule has 6 heteroatoms. The van der Waals surface area contributed by atoms with Gasteiger partial charge in [0.15, 0.2) is 0 Å². The largest absolute Gasteiger partial charge is 0.497 e. The first-order chi connectivity index (χ1) is 8.70. The molecule has 4 nitrogen and oxygen atoms in total. The third-order valence-electron chi connectivity index (χ3n) is 2.32. The van der Waals surface area contributed by atoms with Gasteiger partial charge in [0.05, 0.1) is 24.7 Å². The lowest BCUT2D eigenvalue weighted by atomic mass is 10.2. The van der Waals surface area contributed by atoms with Gasteiger partial charge in [-0.25, -0.2) is 0 Å². The van der Waals surface area contributed by atoms with Gasteiger partial charge in [-0.05, 0) is 34.1 Å². The Hall–Kier alpha value is -1.40. The minimum absolute atomic E-state index is 0.144. The van der Waals surface area contributed by atoms with Gasteiger partial charge < -0.3 is 10.1 Å². The Labute approximate surface area is 117 Å². The Kier molecular flexibility index (Phi) is 4.33. The Morgan fingerprint density at radius 1 is 1.56 bits per heavy atom. The highest BCUT2D eigenvalue weighted by Crippen LogP contribution is 2.22. The lowest BCUT2D eigenvalue weighted by molar-refractivity contribution is 0.0950. The molecule has 0 aliphatic carbocycles. The van der Waals surface area contributed by atoms with Crippen LogP contribution >= 0.6 is 27.3 Å². The van der Waals surface area contributed by atoms with Gasteiger partial charge in [0.25, 0.3) is 5.91 Å². The first-order valence-corrected chi connectivity index (χ1v) is 6.87. The van der Waals surface area contributed by atoms with Crippen molar-refractivity contribution in [3.8, 4) is 5.75 Å². The number of carbonyl (C=O) groups excluding carboxylic acids is 1. The van der Waals surface area contributed by atoms with E-state index in [0.29, 0.717) is 17.9 Å². The van der Waals surface area contributed by atoms with E-state index in [4.69, 9.17) is 4.74 Å². The summed E-state index contributed by atoms with van der Waals surface area (Å²) < 4.78 is 5.84. The van der Waals surface area contributed by atoms with Crippen LogP contribution in [0.25, 0.3) is 0 Å². The van der Waals surface area contributed by atoms with Crippen molar-refractivity contribution in [3.63, 3.8) is 0 Å². The number of ether oxygens (including phenoxy) is 1. The Morgan fingerprint density at radius 2 is 2.39 bits per heavy atom. The highest BCUT2D eigenvalue weighted by Gasteiger charge is 2.11. The number of rotatable bonds is 4. The number of methoxy groups -OCH3 is 1. The molecule has 0 aliphatic heterocycles. The van der Waals surface area contributed by atoms with Gasteiger partial charge in [0.1, 0.15) is 5.75 Å². The molecule has 1 aromatic heterocycles. The smallest absolute Gasteiger partial charge is 0.252 e. The predicted molar refractivity (Wildman–Crippen MR) is 74.0 cm³/mol. The molecular formula is C12H11BrN2O2S. The number of hydrogen-bond acceptors (Lipinski definition) is 4. The number of benzene rings is 1. The van der Waals surface area contributed by atoms with E-state index in [-0.39, 0.29) is 5.91 Å². The van der Waals surface area contributed by atoms with E-state index in [1.807, 2.05) is 0 Å². The zero-order valence-corrected chi connectivity index (χ0v) is 12.0. The van der Waals surface area contributed by atoms with Crippen LogP contribution in [0.3, 0.4) is 0 Å². The molecule has 0 unspecified atom stereocenters. The van der Waals surface area contributed by atoms with Crippen molar-refractivity contribution in [1.29, 1.82) is 0 Å². The maximum Gasteiger partial charge on any atom is 0.252 e. The molecule has 0 bridgehead atoms. The molecule has 0 atom stereocenters. The second kappa shape index (κ2) is 5.97. The maximum atomic E-state index is 12.0. The Morgan fingerprint density at radius 3 is 3.06 bits per heavy atom. The molecule has 1 amide bonds. The van der Waals surface area contributed by atoms with Gasteiger partial charge in [0, 0.05) is 15.5 Å². The molecule has 0 saturated heterocycles. The third kappa shape index (κ3) is 3.08. The number of amides is 1. The van der Waals surface area contributed by atoms with Gasteiger partial charge >= 0.3 is 0 Å². The molecule has 0 saturated carbocycles. The zero-order chi connectivity index (χ0) is 13.0. The average Bonchev–Trinajstić information content (AvgIpc) is 2.89. The van der Waals surface area contributed by atoms with Crippen molar-refractivity contribution >= 4 is 33.2 Å². The van der Waals surface area contributed by atoms with Crippen molar-refractivity contribution in [2.45, 2.75) is 6.54 Å². The van der Waals surface area contributed by atoms with Crippen LogP contribution in [-0.2, 0) is 6.54 Å². The Balaban J connectivity index is 2.08. The quantitative estimate of drug-likeness (QED) is 0.939. The van der Waals surface area contributed by atoms with E-state index in [1.165, 1.54) is 11.3 Å². The number of nitrogens with one attached hydrogen (secondary N) is 1. The lowest BCUT2D eigenvalue weighted by Gasteiger charge is -2.07. The van der Waals surface area contributed by atoms with Gasteiger partial charge in [-0.1, -0.05) is 0 Å². The first-order valence-electron chi connectivity index (χ1n) is 5.20. The SMILES string of the molecule is COc1ccc(Br)c(C(=O)NCc2cncs2)c1. The molecule has 18 heavy (non-hydrogen) atoms. The van der Waals surface area contributed by atoms with E-state index >= 15 is 0 Å². The zero-order valence-electron chi connectivity index (χ0n) is 9.64. The fourth-order valence-corrected chi connectivity index (χ4v) is 2.36. The molecule has 1 heterocycles. The summed E-state index contributed by atoms with van der Waals surface area (Å²) in [6.07, 6.45) is 1.74. The molecule has 2 aromatic rings. The summed E-state index contributed by atoms with van der Waals surface area (Å²) in [5, 5.41) is 2.84. The van der Waals surface area contributed by atoms with Crippen LogP contribution in [0.4, 0.5) is 0 Å². The molecule has 0 radical (unpaired) electrons. The summed E-state index contributed by atoms with van der Waals surface area (Å²) >= 11 is 4.86. The fraction of sp³-hybridized carbons (Fsp3) is 0.167. The van der Waals surface area contributed by atoms with E-state index in [1.54, 1.807) is 37.0 Å². The number of halogens is 1. The van der Waals surface area contributed by atoms with Crippen molar-refractivity contribution in [3.05, 3.63) is 44.8 Å². The van der Waals surface area contributed by atoms with Crippen LogP contribution in [0, 0.1) is 0 Å². The molecule has 0 aliphatic rings. The normalized spacial score (nSPS) is 10.1. The van der Waals surface area contributed by atoms with Gasteiger partial charge in [0.2, 0.25) is 0 Å². The maximum absolute atomic E-state index is 12.0. The van der Waals surface area contributed by atoms with Crippen molar-refractivity contribution in [1.82, 2.24) is 10.3 Å². The summed E-state index contributed by atoms with van der Waals surface area (Å²) in [6, 6.07) is 5.29. The summed E-state index contributed by atoms with van der Waals surface area (Å²) in [5.74, 6) is 0.510. The molecule has 0 fully saturated rings. The second-order valence-corrected chi connectivity index (χ2v) is 5.32. The first kappa shape index (κ1) is 13.0. The molecule has 1 N–H and O–H groups in total. The standard InChI is InChI=1S/C12H11BrN2O2S/c1-17-8-2-3-11(13)10(4-8)12(16)15-6-9-5-14-7-18-9/h2-5,7H,6H2,1H3,(H,15,16). The van der Waals surface area contributed by atoms with Crippen molar-refractivity contribution in [2.24, 2.45) is 0 Å². The van der Waals surface area contributed by atoms with E-state index < -0.39 is 0 Å². The molecule has 2 rings (SSSR count). The minimum Gasteiger partial charge on any atom is -0.497 e. The topological polar surface area (TPSA) is 51.2 Å². The van der Waals surface area contributed by atoms with Crippen LogP contribution in [0.2, 0.25) is 0 Å². The number of nitrogens with zero attached hydrogens (tertiary/aromatic N) is 1. The minimum atomic E-state index is -0.144. The van der Waals surface area contributed by atoms with Crippen molar-refractivity contribution < 1.29 is 9.53 Å². The summed E-state index contributed by atoms with van der Waals surface area (Å²) in [6.45, 7) is 0.479. The van der Waals surface area contributed by atoms with Crippen LogP contribution < -0.4 is 10.1 Å². The average molecular weight is 327 g/mol. The third-order valence-corrected chi connectivity index (χ3v) is 3.80. The van der Waals surface area contributed by atoms with E-state index in [2.05, 4.69) is 26.2 Å². The van der Waals surface area contributed by atoms with Crippen LogP contribution in [0.1, 0.15) is 15.2 Å². The van der Waals surface area contributed by atoms with Crippen LogP contribution in [0.15, 0.2) is 34.4 Å². The predicted octanol–water partition coefficient (Wildman–Crippen LogP) is 2.84. The highest BCUT2D eigenvalue weighted by molar-refractivity contribution is 9.10. The molecule has 0 spiro atoms. The monoisotopic (exact) mass is 326 g/mol. The van der Waals surface area contributed by atoms with Crippen LogP contribution in [0.5, 0.6) is 5.75 Å². The molecular weight excluding hydrogens is 316 g/mol. The Bertz CT molecular complexity index is 543. The van der Waals surface area contributed by atoms with Crippen molar-refractivity contribution in [2.75, 3.05) is 7.11 Å². The fourth-order valence-electron chi connectivity index (χ4n) is 1.40. The lowest BCUT2D eigenvalue weighted by Crippen LogP contribution is -2.22.